The minimum absolute atomic E-state index is 0.0273. The molecular formula is C17H21N3O4. The number of hydrogen-bond donors (Lipinski definition) is 2. The molecule has 0 saturated carbocycles. The molecule has 3 rings (SSSR count). The summed E-state index contributed by atoms with van der Waals surface area (Å²) in [6.45, 7) is 1.09. The van der Waals surface area contributed by atoms with Crippen LogP contribution in [0.25, 0.3) is 0 Å². The molecule has 7 nitrogen and oxygen atoms in total. The van der Waals surface area contributed by atoms with Crippen molar-refractivity contribution in [1.29, 1.82) is 0 Å². The minimum atomic E-state index is -0.721. The Kier molecular flexibility index (Phi) is 5.10. The van der Waals surface area contributed by atoms with Gasteiger partial charge in [0.1, 0.15) is 18.7 Å². The van der Waals surface area contributed by atoms with E-state index < -0.39 is 12.1 Å². The summed E-state index contributed by atoms with van der Waals surface area (Å²) in [6.07, 6.45) is 1.43. The summed E-state index contributed by atoms with van der Waals surface area (Å²) in [6, 6.07) is 8.24. The predicted molar refractivity (Wildman–Crippen MR) is 85.8 cm³/mol. The number of ether oxygens (including phenoxy) is 1. The van der Waals surface area contributed by atoms with Crippen molar-refractivity contribution in [2.75, 3.05) is 19.8 Å². The number of piperidine rings is 1. The number of carbonyl (C=O) groups excluding carboxylic acids is 3. The summed E-state index contributed by atoms with van der Waals surface area (Å²) in [5, 5.41) is 5.48. The Hall–Kier alpha value is -2.41. The van der Waals surface area contributed by atoms with Gasteiger partial charge in [0.05, 0.1) is 6.61 Å². The number of hydrogen-bond acceptors (Lipinski definition) is 4. The molecule has 0 spiro atoms. The smallest absolute Gasteiger partial charge is 0.249 e. The van der Waals surface area contributed by atoms with Gasteiger partial charge in [-0.1, -0.05) is 30.3 Å². The zero-order valence-electron chi connectivity index (χ0n) is 13.4. The van der Waals surface area contributed by atoms with E-state index in [-0.39, 0.29) is 30.9 Å². The highest BCUT2D eigenvalue weighted by Gasteiger charge is 2.36. The molecule has 7 heteroatoms. The fourth-order valence-corrected chi connectivity index (χ4v) is 2.98. The molecule has 2 fully saturated rings. The molecule has 2 saturated heterocycles. The van der Waals surface area contributed by atoms with E-state index >= 15 is 0 Å². The monoisotopic (exact) mass is 331 g/mol. The van der Waals surface area contributed by atoms with Gasteiger partial charge < -0.3 is 20.3 Å². The fraction of sp³-hybridized carbons (Fsp3) is 0.471. The molecular weight excluding hydrogens is 310 g/mol. The normalized spacial score (nSPS) is 24.4. The first-order valence-corrected chi connectivity index (χ1v) is 8.14. The molecule has 2 aliphatic heterocycles. The zero-order valence-corrected chi connectivity index (χ0v) is 13.4. The van der Waals surface area contributed by atoms with Crippen LogP contribution >= 0.6 is 0 Å². The van der Waals surface area contributed by atoms with Gasteiger partial charge >= 0.3 is 0 Å². The van der Waals surface area contributed by atoms with Crippen LogP contribution in [0.5, 0.6) is 0 Å². The molecule has 24 heavy (non-hydrogen) atoms. The van der Waals surface area contributed by atoms with Gasteiger partial charge in [-0.2, -0.15) is 0 Å². The Morgan fingerprint density at radius 3 is 2.83 bits per heavy atom. The summed E-state index contributed by atoms with van der Waals surface area (Å²) >= 11 is 0. The number of amides is 3. The van der Waals surface area contributed by atoms with Crippen molar-refractivity contribution in [3.8, 4) is 0 Å². The number of rotatable bonds is 4. The number of nitrogens with one attached hydrogen (secondary N) is 2. The second-order valence-corrected chi connectivity index (χ2v) is 6.03. The molecule has 2 aliphatic rings. The van der Waals surface area contributed by atoms with E-state index in [4.69, 9.17) is 4.74 Å². The standard InChI is InChI=1S/C17H21N3O4/c21-15-11-24-10-14(20(15)9-12-5-2-1-3-6-12)17(23)19-13-7-4-8-18-16(13)22/h1-3,5-6,13-14H,4,7-11H2,(H,18,22)(H,19,23)/t13-,14-/m0/s1. The molecule has 2 heterocycles. The van der Waals surface area contributed by atoms with Gasteiger partial charge in [-0.25, -0.2) is 0 Å². The van der Waals surface area contributed by atoms with E-state index in [1.165, 1.54) is 4.90 Å². The van der Waals surface area contributed by atoms with Gasteiger partial charge in [-0.15, -0.1) is 0 Å². The van der Waals surface area contributed by atoms with Crippen molar-refractivity contribution in [1.82, 2.24) is 15.5 Å². The lowest BCUT2D eigenvalue weighted by Gasteiger charge is -2.35. The van der Waals surface area contributed by atoms with Crippen LogP contribution in [0.4, 0.5) is 0 Å². The molecule has 1 aromatic rings. The molecule has 0 radical (unpaired) electrons. The number of morpholine rings is 1. The Morgan fingerprint density at radius 1 is 1.29 bits per heavy atom. The third-order valence-corrected chi connectivity index (χ3v) is 4.30. The van der Waals surface area contributed by atoms with Crippen LogP contribution in [0.15, 0.2) is 30.3 Å². The van der Waals surface area contributed by atoms with Gasteiger partial charge in [-0.05, 0) is 18.4 Å². The molecule has 2 atom stereocenters. The zero-order chi connectivity index (χ0) is 16.9. The van der Waals surface area contributed by atoms with E-state index in [0.29, 0.717) is 19.5 Å². The topological polar surface area (TPSA) is 87.7 Å². The Balaban J connectivity index is 1.69. The molecule has 0 bridgehead atoms. The van der Waals surface area contributed by atoms with Crippen molar-refractivity contribution in [3.05, 3.63) is 35.9 Å². The molecule has 1 aromatic carbocycles. The third-order valence-electron chi connectivity index (χ3n) is 4.30. The quantitative estimate of drug-likeness (QED) is 0.800. The van der Waals surface area contributed by atoms with Crippen LogP contribution in [0, 0.1) is 0 Å². The van der Waals surface area contributed by atoms with Crippen molar-refractivity contribution >= 4 is 17.7 Å². The third kappa shape index (κ3) is 3.73. The summed E-state index contributed by atoms with van der Waals surface area (Å²) in [5.41, 5.74) is 0.945. The lowest BCUT2D eigenvalue weighted by atomic mass is 10.1. The second kappa shape index (κ2) is 7.44. The lowest BCUT2D eigenvalue weighted by Crippen LogP contribution is -2.59. The summed E-state index contributed by atoms with van der Waals surface area (Å²) in [7, 11) is 0. The Labute approximate surface area is 140 Å². The lowest BCUT2D eigenvalue weighted by molar-refractivity contribution is -0.156. The number of nitrogens with zero attached hydrogens (tertiary/aromatic N) is 1. The molecule has 0 aromatic heterocycles. The highest BCUT2D eigenvalue weighted by molar-refractivity contribution is 5.93. The average molecular weight is 331 g/mol. The van der Waals surface area contributed by atoms with Gasteiger partial charge in [0.25, 0.3) is 0 Å². The highest BCUT2D eigenvalue weighted by atomic mass is 16.5. The maximum atomic E-state index is 12.6. The predicted octanol–water partition coefficient (Wildman–Crippen LogP) is -0.191. The van der Waals surface area contributed by atoms with Crippen LogP contribution in [-0.2, 0) is 25.7 Å². The van der Waals surface area contributed by atoms with Crippen LogP contribution in [-0.4, -0.2) is 54.5 Å². The van der Waals surface area contributed by atoms with Gasteiger partial charge in [0, 0.05) is 13.1 Å². The molecule has 2 N–H and O–H groups in total. The largest absolute Gasteiger partial charge is 0.369 e. The van der Waals surface area contributed by atoms with Crippen molar-refractivity contribution in [2.45, 2.75) is 31.5 Å². The number of benzene rings is 1. The second-order valence-electron chi connectivity index (χ2n) is 6.03. The van der Waals surface area contributed by atoms with Crippen LogP contribution in [0.3, 0.4) is 0 Å². The number of carbonyl (C=O) groups is 3. The van der Waals surface area contributed by atoms with E-state index in [1.54, 1.807) is 0 Å². The molecule has 128 valence electrons. The summed E-state index contributed by atoms with van der Waals surface area (Å²) in [4.78, 5) is 38.1. The Morgan fingerprint density at radius 2 is 2.08 bits per heavy atom. The SMILES string of the molecule is O=C1NCCC[C@@H]1NC(=O)[C@@H]1COCC(=O)N1Cc1ccccc1. The van der Waals surface area contributed by atoms with E-state index in [1.807, 2.05) is 30.3 Å². The first-order valence-electron chi connectivity index (χ1n) is 8.14. The van der Waals surface area contributed by atoms with Gasteiger partial charge in [0.2, 0.25) is 17.7 Å². The van der Waals surface area contributed by atoms with Crippen LogP contribution in [0.2, 0.25) is 0 Å². The minimum Gasteiger partial charge on any atom is -0.369 e. The van der Waals surface area contributed by atoms with Gasteiger partial charge in [0.15, 0.2) is 0 Å². The van der Waals surface area contributed by atoms with Gasteiger partial charge in [-0.3, -0.25) is 14.4 Å². The molecule has 0 aliphatic carbocycles. The van der Waals surface area contributed by atoms with E-state index in [2.05, 4.69) is 10.6 Å². The maximum absolute atomic E-state index is 12.6. The first-order chi connectivity index (χ1) is 11.6. The Bertz CT molecular complexity index is 620. The van der Waals surface area contributed by atoms with Crippen molar-refractivity contribution in [2.24, 2.45) is 0 Å². The average Bonchev–Trinajstić information content (AvgIpc) is 2.59. The summed E-state index contributed by atoms with van der Waals surface area (Å²) in [5.74, 6) is -0.744. The maximum Gasteiger partial charge on any atom is 0.249 e. The van der Waals surface area contributed by atoms with Crippen LogP contribution < -0.4 is 10.6 Å². The van der Waals surface area contributed by atoms with Crippen LogP contribution in [0.1, 0.15) is 18.4 Å². The highest BCUT2D eigenvalue weighted by Crippen LogP contribution is 2.14. The molecule has 0 unspecified atom stereocenters. The fourth-order valence-electron chi connectivity index (χ4n) is 2.98. The molecule has 3 amide bonds. The van der Waals surface area contributed by atoms with E-state index in [9.17, 15) is 14.4 Å². The van der Waals surface area contributed by atoms with Crippen molar-refractivity contribution in [3.63, 3.8) is 0 Å². The van der Waals surface area contributed by atoms with E-state index in [0.717, 1.165) is 12.0 Å². The van der Waals surface area contributed by atoms with Crippen molar-refractivity contribution < 1.29 is 19.1 Å². The first kappa shape index (κ1) is 16.4. The summed E-state index contributed by atoms with van der Waals surface area (Å²) < 4.78 is 5.25.